The van der Waals surface area contributed by atoms with Crippen molar-refractivity contribution >= 4 is 22.6 Å². The molecule has 0 aliphatic carbocycles. The highest BCUT2D eigenvalue weighted by molar-refractivity contribution is 5.91. The maximum Gasteiger partial charge on any atom is 0.231 e. The number of hydrogen-bond acceptors (Lipinski definition) is 3. The van der Waals surface area contributed by atoms with Gasteiger partial charge in [-0.3, -0.25) is 9.78 Å². The van der Waals surface area contributed by atoms with Gasteiger partial charge in [0.1, 0.15) is 5.82 Å². The lowest BCUT2D eigenvalue weighted by Gasteiger charge is -2.05. The highest BCUT2D eigenvalue weighted by Gasteiger charge is 2.06. The normalized spacial score (nSPS) is 10.5. The predicted octanol–water partition coefficient (Wildman–Crippen LogP) is 3.12. The molecule has 0 radical (unpaired) electrons. The Hall–Kier alpha value is -2.75. The molecule has 104 valence electrons. The van der Waals surface area contributed by atoms with Crippen LogP contribution in [0.3, 0.4) is 0 Å². The van der Waals surface area contributed by atoms with Crippen LogP contribution in [0, 0.1) is 6.92 Å². The van der Waals surface area contributed by atoms with Crippen LogP contribution < -0.4 is 5.32 Å². The molecule has 3 rings (SSSR count). The number of hydrogen-bond donors (Lipinski definition) is 1. The molecular formula is C17H15N3O. The highest BCUT2D eigenvalue weighted by atomic mass is 16.1. The van der Waals surface area contributed by atoms with Crippen molar-refractivity contribution in [3.05, 3.63) is 66.0 Å². The van der Waals surface area contributed by atoms with Gasteiger partial charge in [-0.05, 0) is 30.7 Å². The molecule has 0 unspecified atom stereocenters. The van der Waals surface area contributed by atoms with Gasteiger partial charge in [0.2, 0.25) is 5.91 Å². The summed E-state index contributed by atoms with van der Waals surface area (Å²) in [4.78, 5) is 20.7. The Morgan fingerprint density at radius 1 is 1.10 bits per heavy atom. The molecule has 0 spiro atoms. The quantitative estimate of drug-likeness (QED) is 0.800. The fourth-order valence-corrected chi connectivity index (χ4v) is 2.10. The smallest absolute Gasteiger partial charge is 0.231 e. The second kappa shape index (κ2) is 5.71. The number of amides is 1. The van der Waals surface area contributed by atoms with E-state index in [0.29, 0.717) is 5.82 Å². The number of rotatable bonds is 3. The summed E-state index contributed by atoms with van der Waals surface area (Å²) >= 11 is 0. The van der Waals surface area contributed by atoms with Gasteiger partial charge in [-0.1, -0.05) is 30.3 Å². The first kappa shape index (κ1) is 13.2. The number of anilines is 1. The zero-order valence-electron chi connectivity index (χ0n) is 11.7. The summed E-state index contributed by atoms with van der Waals surface area (Å²) in [5, 5.41) is 3.85. The Bertz CT molecular complexity index is 781. The molecule has 2 aromatic heterocycles. The lowest BCUT2D eigenvalue weighted by molar-refractivity contribution is -0.115. The SMILES string of the molecule is Cc1ccc(NC(=O)Cc2ccc3ccccc3n2)nc1. The zero-order chi connectivity index (χ0) is 14.7. The van der Waals surface area contributed by atoms with Crippen LogP contribution >= 0.6 is 0 Å². The van der Waals surface area contributed by atoms with E-state index in [2.05, 4.69) is 15.3 Å². The van der Waals surface area contributed by atoms with Crippen LogP contribution in [0.5, 0.6) is 0 Å². The number of nitrogens with zero attached hydrogens (tertiary/aromatic N) is 2. The first-order chi connectivity index (χ1) is 10.2. The van der Waals surface area contributed by atoms with Crippen LogP contribution in [0.4, 0.5) is 5.82 Å². The summed E-state index contributed by atoms with van der Waals surface area (Å²) in [7, 11) is 0. The van der Waals surface area contributed by atoms with Crippen molar-refractivity contribution < 1.29 is 4.79 Å². The van der Waals surface area contributed by atoms with E-state index in [1.54, 1.807) is 12.3 Å². The number of fused-ring (bicyclic) bond motifs is 1. The van der Waals surface area contributed by atoms with Crippen LogP contribution in [0.1, 0.15) is 11.3 Å². The molecular weight excluding hydrogens is 262 g/mol. The van der Waals surface area contributed by atoms with Crippen molar-refractivity contribution in [2.24, 2.45) is 0 Å². The van der Waals surface area contributed by atoms with Crippen LogP contribution in [-0.4, -0.2) is 15.9 Å². The minimum atomic E-state index is -0.117. The van der Waals surface area contributed by atoms with Crippen LogP contribution in [-0.2, 0) is 11.2 Å². The molecule has 4 heteroatoms. The van der Waals surface area contributed by atoms with Gasteiger partial charge < -0.3 is 5.32 Å². The Morgan fingerprint density at radius 2 is 1.95 bits per heavy atom. The highest BCUT2D eigenvalue weighted by Crippen LogP contribution is 2.12. The summed E-state index contributed by atoms with van der Waals surface area (Å²) < 4.78 is 0. The molecule has 2 heterocycles. The van der Waals surface area contributed by atoms with Crippen LogP contribution in [0.2, 0.25) is 0 Å². The largest absolute Gasteiger partial charge is 0.310 e. The Morgan fingerprint density at radius 3 is 2.76 bits per heavy atom. The molecule has 21 heavy (non-hydrogen) atoms. The van der Waals surface area contributed by atoms with Crippen molar-refractivity contribution in [1.29, 1.82) is 0 Å². The minimum Gasteiger partial charge on any atom is -0.310 e. The van der Waals surface area contributed by atoms with Crippen LogP contribution in [0.15, 0.2) is 54.7 Å². The predicted molar refractivity (Wildman–Crippen MR) is 83.1 cm³/mol. The van der Waals surface area contributed by atoms with Gasteiger partial charge in [-0.25, -0.2) is 4.98 Å². The first-order valence-corrected chi connectivity index (χ1v) is 6.78. The Balaban J connectivity index is 1.72. The monoisotopic (exact) mass is 277 g/mol. The zero-order valence-corrected chi connectivity index (χ0v) is 11.7. The Labute approximate surface area is 122 Å². The van der Waals surface area contributed by atoms with E-state index in [4.69, 9.17) is 0 Å². The summed E-state index contributed by atoms with van der Waals surface area (Å²) in [6.07, 6.45) is 1.96. The summed E-state index contributed by atoms with van der Waals surface area (Å²) in [6.45, 7) is 1.96. The summed E-state index contributed by atoms with van der Waals surface area (Å²) in [5.41, 5.74) is 2.71. The third-order valence-corrected chi connectivity index (χ3v) is 3.18. The molecule has 0 fully saturated rings. The Kier molecular flexibility index (Phi) is 3.60. The third kappa shape index (κ3) is 3.23. The first-order valence-electron chi connectivity index (χ1n) is 6.78. The number of carbonyl (C=O) groups is 1. The molecule has 1 amide bonds. The van der Waals surface area contributed by atoms with Crippen LogP contribution in [0.25, 0.3) is 10.9 Å². The second-order valence-electron chi connectivity index (χ2n) is 4.94. The maximum atomic E-state index is 12.0. The van der Waals surface area contributed by atoms with Gasteiger partial charge in [0.15, 0.2) is 0 Å². The molecule has 4 nitrogen and oxygen atoms in total. The maximum absolute atomic E-state index is 12.0. The number of benzene rings is 1. The van der Waals surface area contributed by atoms with Crippen molar-refractivity contribution in [3.63, 3.8) is 0 Å². The van der Waals surface area contributed by atoms with Gasteiger partial charge >= 0.3 is 0 Å². The fourth-order valence-electron chi connectivity index (χ4n) is 2.10. The van der Waals surface area contributed by atoms with Gasteiger partial charge in [0.25, 0.3) is 0 Å². The average molecular weight is 277 g/mol. The van der Waals surface area contributed by atoms with Crippen molar-refractivity contribution in [2.45, 2.75) is 13.3 Å². The van der Waals surface area contributed by atoms with Gasteiger partial charge in [0, 0.05) is 11.6 Å². The van der Waals surface area contributed by atoms with Crippen molar-refractivity contribution in [1.82, 2.24) is 9.97 Å². The number of pyridine rings is 2. The minimum absolute atomic E-state index is 0.117. The third-order valence-electron chi connectivity index (χ3n) is 3.18. The lowest BCUT2D eigenvalue weighted by atomic mass is 10.2. The van der Waals surface area contributed by atoms with E-state index in [0.717, 1.165) is 22.2 Å². The topological polar surface area (TPSA) is 54.9 Å². The van der Waals surface area contributed by atoms with E-state index < -0.39 is 0 Å². The van der Waals surface area contributed by atoms with E-state index in [1.807, 2.05) is 49.4 Å². The van der Waals surface area contributed by atoms with E-state index >= 15 is 0 Å². The molecule has 3 aromatic rings. The number of aromatic nitrogens is 2. The van der Waals surface area contributed by atoms with Crippen molar-refractivity contribution in [2.75, 3.05) is 5.32 Å². The van der Waals surface area contributed by atoms with E-state index in [9.17, 15) is 4.79 Å². The number of para-hydroxylation sites is 1. The van der Waals surface area contributed by atoms with Gasteiger partial charge in [-0.15, -0.1) is 0 Å². The molecule has 1 aromatic carbocycles. The average Bonchev–Trinajstić information content (AvgIpc) is 2.49. The summed E-state index contributed by atoms with van der Waals surface area (Å²) in [5.74, 6) is 0.445. The number of carbonyl (C=O) groups excluding carboxylic acids is 1. The van der Waals surface area contributed by atoms with E-state index in [1.165, 1.54) is 0 Å². The van der Waals surface area contributed by atoms with E-state index in [-0.39, 0.29) is 12.3 Å². The molecule has 0 aliphatic heterocycles. The molecule has 1 N–H and O–H groups in total. The standard InChI is InChI=1S/C17H15N3O/c1-12-6-9-16(18-11-12)20-17(21)10-14-8-7-13-4-2-3-5-15(13)19-14/h2-9,11H,10H2,1H3,(H,18,20,21). The summed E-state index contributed by atoms with van der Waals surface area (Å²) in [6, 6.07) is 15.4. The molecule has 0 saturated carbocycles. The molecule has 0 atom stereocenters. The molecule has 0 saturated heterocycles. The van der Waals surface area contributed by atoms with Crippen molar-refractivity contribution in [3.8, 4) is 0 Å². The lowest BCUT2D eigenvalue weighted by Crippen LogP contribution is -2.16. The molecule has 0 bridgehead atoms. The molecule has 0 aliphatic rings. The van der Waals surface area contributed by atoms with Gasteiger partial charge in [-0.2, -0.15) is 0 Å². The fraction of sp³-hybridized carbons (Fsp3) is 0.118. The number of aryl methyl sites for hydroxylation is 1. The van der Waals surface area contributed by atoms with Gasteiger partial charge in [0.05, 0.1) is 17.6 Å². The second-order valence-corrected chi connectivity index (χ2v) is 4.94. The number of nitrogens with one attached hydrogen (secondary N) is 1.